The lowest BCUT2D eigenvalue weighted by Gasteiger charge is -2.32. The first-order valence-corrected chi connectivity index (χ1v) is 32.2. The quantitative estimate of drug-likeness (QED) is 0.122. The standard InChI is InChI=1S/C27H26BNO3.C27H26BNO2S.C23H22BNO3/c1-26(2)27(3,4)32-28(31-26)22-17-15-21(16-18-22)25-29-23(19-11-7-5-8-12-19)24(30-25)20-13-9-6-10-14-20;1-26(2)27(3,4)31-28(30-26)22-17-15-21(16-18-22)25-29-23(19-11-7-5-8-12-19)24(32-25)20-13-9-6-10-14-20;1-22(2)23(3,4)28-24(27-22)21-12-10-16(14-25-21)15-9-11-20-18(13-15)17-7-5-6-8-19(17)26-20/h2*5-18H,1-4H3;5-14H,1-4H3. The van der Waals surface area contributed by atoms with Gasteiger partial charge in [-0.05, 0) is 147 Å². The Balaban J connectivity index is 0.000000126. The van der Waals surface area contributed by atoms with Gasteiger partial charge in [0.2, 0.25) is 5.89 Å². The van der Waals surface area contributed by atoms with Crippen molar-refractivity contribution in [3.8, 4) is 77.4 Å². The van der Waals surface area contributed by atoms with Crippen LogP contribution in [-0.4, -0.2) is 69.9 Å². The van der Waals surface area contributed by atoms with Crippen LogP contribution in [0.1, 0.15) is 83.1 Å². The Bertz CT molecular complexity index is 4180. The van der Waals surface area contributed by atoms with E-state index in [0.717, 1.165) is 99.6 Å². The average molecular weight is 1230 g/mol. The van der Waals surface area contributed by atoms with Gasteiger partial charge < -0.3 is 36.8 Å². The Morgan fingerprint density at radius 2 is 0.750 bits per heavy atom. The van der Waals surface area contributed by atoms with E-state index in [4.69, 9.17) is 46.7 Å². The van der Waals surface area contributed by atoms with E-state index in [1.54, 1.807) is 11.3 Å². The van der Waals surface area contributed by atoms with Crippen molar-refractivity contribution < 1.29 is 36.8 Å². The Morgan fingerprint density at radius 3 is 1.26 bits per heavy atom. The summed E-state index contributed by atoms with van der Waals surface area (Å²) in [6, 6.07) is 75.9. The molecule has 3 aliphatic rings. The zero-order valence-electron chi connectivity index (χ0n) is 54.2. The van der Waals surface area contributed by atoms with Gasteiger partial charge in [0.05, 0.1) is 49.8 Å². The Morgan fingerprint density at radius 1 is 0.326 bits per heavy atom. The van der Waals surface area contributed by atoms with E-state index in [2.05, 4.69) is 170 Å². The van der Waals surface area contributed by atoms with Crippen LogP contribution < -0.4 is 16.5 Å². The molecular formula is C77H74B3N3O8S. The second-order valence-corrected chi connectivity index (χ2v) is 27.6. The molecule has 0 spiro atoms. The summed E-state index contributed by atoms with van der Waals surface area (Å²) in [6.45, 7) is 24.7. The molecule has 0 atom stereocenters. The molecule has 0 radical (unpaired) electrons. The minimum atomic E-state index is -0.445. The molecule has 3 fully saturated rings. The van der Waals surface area contributed by atoms with Crippen LogP contribution in [0.2, 0.25) is 0 Å². The monoisotopic (exact) mass is 1230 g/mol. The molecule has 15 heteroatoms. The zero-order valence-corrected chi connectivity index (χ0v) is 55.0. The highest BCUT2D eigenvalue weighted by molar-refractivity contribution is 7.19. The normalized spacial score (nSPS) is 17.3. The van der Waals surface area contributed by atoms with Gasteiger partial charge in [-0.3, -0.25) is 4.98 Å². The van der Waals surface area contributed by atoms with Crippen LogP contribution in [-0.2, 0) is 27.9 Å². The third-order valence-corrected chi connectivity index (χ3v) is 19.9. The maximum absolute atomic E-state index is 6.30. The Hall–Kier alpha value is -8.50. The van der Waals surface area contributed by atoms with E-state index in [1.807, 2.05) is 149 Å². The number of aromatic nitrogens is 3. The lowest BCUT2D eigenvalue weighted by atomic mass is 9.79. The molecule has 7 heterocycles. The first-order chi connectivity index (χ1) is 44.0. The molecule has 3 aliphatic heterocycles. The van der Waals surface area contributed by atoms with E-state index < -0.39 is 14.2 Å². The van der Waals surface area contributed by atoms with Crippen LogP contribution in [0.3, 0.4) is 0 Å². The van der Waals surface area contributed by atoms with Crippen LogP contribution in [0.25, 0.3) is 99.4 Å². The minimum absolute atomic E-state index is 0.346. The maximum Gasteiger partial charge on any atom is 0.514 e. The molecule has 11 nitrogen and oxygen atoms in total. The summed E-state index contributed by atoms with van der Waals surface area (Å²) in [5.41, 5.74) is 12.8. The van der Waals surface area contributed by atoms with E-state index in [1.165, 1.54) is 10.4 Å². The van der Waals surface area contributed by atoms with Gasteiger partial charge in [-0.15, -0.1) is 11.3 Å². The molecule has 8 aromatic carbocycles. The maximum atomic E-state index is 6.30. The van der Waals surface area contributed by atoms with Crippen LogP contribution in [0.5, 0.6) is 0 Å². The van der Waals surface area contributed by atoms with Crippen molar-refractivity contribution in [2.24, 2.45) is 0 Å². The molecule has 3 saturated heterocycles. The topological polar surface area (TPSA) is 120 Å². The third kappa shape index (κ3) is 12.4. The van der Waals surface area contributed by atoms with Crippen LogP contribution in [0.15, 0.2) is 239 Å². The van der Waals surface area contributed by atoms with Crippen molar-refractivity contribution in [3.63, 3.8) is 0 Å². The molecule has 0 saturated carbocycles. The van der Waals surface area contributed by atoms with Crippen LogP contribution >= 0.6 is 11.3 Å². The molecule has 0 amide bonds. The molecule has 4 aromatic heterocycles. The largest absolute Gasteiger partial charge is 0.514 e. The van der Waals surface area contributed by atoms with Gasteiger partial charge in [-0.25, -0.2) is 9.97 Å². The molecule has 0 bridgehead atoms. The van der Waals surface area contributed by atoms with Gasteiger partial charge in [0.15, 0.2) is 5.76 Å². The molecule has 0 N–H and O–H groups in total. The summed E-state index contributed by atoms with van der Waals surface area (Å²) >= 11 is 1.72. The molecule has 15 rings (SSSR count). The van der Waals surface area contributed by atoms with Gasteiger partial charge in [0.1, 0.15) is 21.9 Å². The number of para-hydroxylation sites is 1. The SMILES string of the molecule is CC1(C)OB(c2ccc(-c3ccc4oc5ccccc5c4c3)cn2)OC1(C)C.CC1(C)OB(c2ccc(-c3nc(-c4ccccc4)c(-c4ccccc4)o3)cc2)OC1(C)C.CC1(C)OB(c2ccc(-c3nc(-c4ccccc4)c(-c4ccccc4)s3)cc2)OC1(C)C. The predicted molar refractivity (Wildman–Crippen MR) is 375 cm³/mol. The Kier molecular flexibility index (Phi) is 16.6. The Labute approximate surface area is 544 Å². The number of thiazole rings is 1. The first-order valence-electron chi connectivity index (χ1n) is 31.4. The zero-order chi connectivity index (χ0) is 64.2. The van der Waals surface area contributed by atoms with Gasteiger partial charge in [0, 0.05) is 44.8 Å². The van der Waals surface area contributed by atoms with Crippen LogP contribution in [0, 0.1) is 0 Å². The van der Waals surface area contributed by atoms with E-state index >= 15 is 0 Å². The lowest BCUT2D eigenvalue weighted by molar-refractivity contribution is 0.00578. The molecule has 460 valence electrons. The summed E-state index contributed by atoms with van der Waals surface area (Å²) in [5.74, 6) is 1.35. The average Bonchev–Trinajstić information content (AvgIpc) is 1.70. The highest BCUT2D eigenvalue weighted by atomic mass is 32.1. The fraction of sp³-hybridized carbons (Fsp3) is 0.234. The fourth-order valence-corrected chi connectivity index (χ4v) is 12.2. The van der Waals surface area contributed by atoms with E-state index in [9.17, 15) is 0 Å². The summed E-state index contributed by atoms with van der Waals surface area (Å²) in [6.07, 6.45) is 1.88. The number of hydrogen-bond donors (Lipinski definition) is 0. The summed E-state index contributed by atoms with van der Waals surface area (Å²) in [4.78, 5) is 15.7. The fourth-order valence-electron chi connectivity index (χ4n) is 11.1. The molecule has 0 unspecified atom stereocenters. The van der Waals surface area contributed by atoms with Gasteiger partial charge in [-0.2, -0.15) is 0 Å². The van der Waals surface area contributed by atoms with Gasteiger partial charge >= 0.3 is 21.4 Å². The van der Waals surface area contributed by atoms with E-state index in [-0.39, 0.29) is 40.7 Å². The summed E-state index contributed by atoms with van der Waals surface area (Å²) < 4.78 is 49.2. The summed E-state index contributed by atoms with van der Waals surface area (Å²) in [5, 5.41) is 3.24. The number of pyridine rings is 1. The number of fused-ring (bicyclic) bond motifs is 3. The van der Waals surface area contributed by atoms with Crippen molar-refractivity contribution >= 4 is 71.1 Å². The second-order valence-electron chi connectivity index (χ2n) is 26.6. The lowest BCUT2D eigenvalue weighted by Crippen LogP contribution is -2.41. The highest BCUT2D eigenvalue weighted by Crippen LogP contribution is 2.43. The number of furan rings is 1. The number of hydrogen-bond acceptors (Lipinski definition) is 12. The molecular weight excluding hydrogens is 1160 g/mol. The van der Waals surface area contributed by atoms with Gasteiger partial charge in [0.25, 0.3) is 0 Å². The third-order valence-electron chi connectivity index (χ3n) is 18.8. The van der Waals surface area contributed by atoms with E-state index in [0.29, 0.717) is 5.89 Å². The number of nitrogens with zero attached hydrogens (tertiary/aromatic N) is 3. The smallest absolute Gasteiger partial charge is 0.456 e. The summed E-state index contributed by atoms with van der Waals surface area (Å²) in [7, 11) is -1.19. The van der Waals surface area contributed by atoms with Crippen molar-refractivity contribution in [1.29, 1.82) is 0 Å². The number of benzene rings is 8. The molecule has 12 aromatic rings. The van der Waals surface area contributed by atoms with Crippen molar-refractivity contribution in [2.45, 2.75) is 117 Å². The first kappa shape index (κ1) is 62.3. The molecule has 92 heavy (non-hydrogen) atoms. The highest BCUT2D eigenvalue weighted by Gasteiger charge is 2.54. The van der Waals surface area contributed by atoms with Crippen molar-refractivity contribution in [3.05, 3.63) is 231 Å². The second kappa shape index (κ2) is 24.5. The minimum Gasteiger partial charge on any atom is -0.456 e. The number of oxazole rings is 1. The number of rotatable bonds is 10. The molecule has 0 aliphatic carbocycles. The van der Waals surface area contributed by atoms with Crippen molar-refractivity contribution in [1.82, 2.24) is 15.0 Å². The predicted octanol–water partition coefficient (Wildman–Crippen LogP) is 17.4. The van der Waals surface area contributed by atoms with Gasteiger partial charge in [-0.1, -0.05) is 188 Å². The van der Waals surface area contributed by atoms with Crippen LogP contribution in [0.4, 0.5) is 0 Å². The van der Waals surface area contributed by atoms with Crippen molar-refractivity contribution in [2.75, 3.05) is 0 Å².